The van der Waals surface area contributed by atoms with E-state index in [1.54, 1.807) is 6.92 Å². The van der Waals surface area contributed by atoms with E-state index in [0.29, 0.717) is 16.7 Å². The van der Waals surface area contributed by atoms with Gasteiger partial charge in [0, 0.05) is 25.1 Å². The Labute approximate surface area is 195 Å². The van der Waals surface area contributed by atoms with Gasteiger partial charge in [0.1, 0.15) is 29.8 Å². The minimum absolute atomic E-state index is 0.0330. The number of nitrogens with zero attached hydrogens (tertiary/aromatic N) is 3. The van der Waals surface area contributed by atoms with Crippen molar-refractivity contribution in [1.82, 2.24) is 15.0 Å². The summed E-state index contributed by atoms with van der Waals surface area (Å²) in [4.78, 5) is 11.8. The maximum Gasteiger partial charge on any atom is 0.433 e. The zero-order valence-corrected chi connectivity index (χ0v) is 18.7. The van der Waals surface area contributed by atoms with Gasteiger partial charge in [0.05, 0.1) is 12.6 Å². The third kappa shape index (κ3) is 6.32. The molecule has 0 radical (unpaired) electrons. The van der Waals surface area contributed by atoms with E-state index in [4.69, 9.17) is 15.2 Å². The summed E-state index contributed by atoms with van der Waals surface area (Å²) in [6.07, 6.45) is -11.5. The van der Waals surface area contributed by atoms with Crippen molar-refractivity contribution in [3.63, 3.8) is 0 Å². The highest BCUT2D eigenvalue weighted by molar-refractivity contribution is 5.91. The molecule has 0 aliphatic carbocycles. The summed E-state index contributed by atoms with van der Waals surface area (Å²) in [7, 11) is 2.22. The number of pyridine rings is 1. The van der Waals surface area contributed by atoms with Gasteiger partial charge in [-0.15, -0.1) is 0 Å². The molecule has 0 amide bonds. The average Bonchev–Trinajstić information content (AvgIpc) is 2.75. The normalized spacial score (nSPS) is 13.1. The number of methoxy groups -OCH3 is 2. The molecule has 190 valence electrons. The molecule has 3 rings (SSSR count). The molecule has 1 atom stereocenters. The topological polar surface area (TPSA) is 104 Å². The van der Waals surface area contributed by atoms with Crippen molar-refractivity contribution in [2.75, 3.05) is 31.9 Å². The summed E-state index contributed by atoms with van der Waals surface area (Å²) in [6, 6.07) is 4.95. The highest BCUT2D eigenvalue weighted by Gasteiger charge is 2.40. The lowest BCUT2D eigenvalue weighted by Gasteiger charge is -2.20. The highest BCUT2D eigenvalue weighted by atomic mass is 19.4. The third-order valence-corrected chi connectivity index (χ3v) is 4.79. The number of nitrogens with one attached hydrogen (secondary N) is 1. The van der Waals surface area contributed by atoms with Crippen LogP contribution in [0.5, 0.6) is 11.5 Å². The fourth-order valence-electron chi connectivity index (χ4n) is 3.17. The number of halogens is 6. The summed E-state index contributed by atoms with van der Waals surface area (Å²) >= 11 is 0. The Morgan fingerprint density at radius 1 is 0.971 bits per heavy atom. The number of nitrogen functional groups attached to an aromatic ring is 1. The van der Waals surface area contributed by atoms with Crippen LogP contribution in [0, 0.1) is 6.92 Å². The van der Waals surface area contributed by atoms with Gasteiger partial charge in [0.15, 0.2) is 17.6 Å². The van der Waals surface area contributed by atoms with Crippen LogP contribution >= 0.6 is 0 Å². The van der Waals surface area contributed by atoms with E-state index in [1.165, 1.54) is 25.3 Å². The lowest BCUT2D eigenvalue weighted by atomic mass is 10.1. The molecule has 0 fully saturated rings. The van der Waals surface area contributed by atoms with Gasteiger partial charge in [0.2, 0.25) is 0 Å². The molecule has 14 heteroatoms. The zero-order valence-electron chi connectivity index (χ0n) is 18.7. The fourth-order valence-corrected chi connectivity index (χ4v) is 3.17. The van der Waals surface area contributed by atoms with Gasteiger partial charge in [-0.1, -0.05) is 0 Å². The van der Waals surface area contributed by atoms with Gasteiger partial charge < -0.3 is 25.3 Å². The fraction of sp³-hybridized carbons (Fsp3) is 0.381. The molecule has 1 aromatic carbocycles. The lowest BCUT2D eigenvalue weighted by molar-refractivity contribution is -0.219. The monoisotopic (exact) mass is 505 g/mol. The first-order chi connectivity index (χ1) is 16.3. The van der Waals surface area contributed by atoms with Crippen LogP contribution in [-0.2, 0) is 17.5 Å². The van der Waals surface area contributed by atoms with Gasteiger partial charge >= 0.3 is 12.4 Å². The van der Waals surface area contributed by atoms with Crippen molar-refractivity contribution in [3.8, 4) is 11.5 Å². The standard InChI is InChI=1S/C21H21F6N5O3/c1-10-30-13-7-14(33-2)15(35-9-17(34-3)21(25,26)27)6-12(13)19(31-10)29-8-11-4-16(20(22,23)24)32-18(28)5-11/h4-7,17H,8-9H2,1-3H3,(H2,28,32)(H,29,30,31). The van der Waals surface area contributed by atoms with Gasteiger partial charge in [-0.05, 0) is 30.7 Å². The van der Waals surface area contributed by atoms with E-state index in [-0.39, 0.29) is 35.2 Å². The molecule has 1 unspecified atom stereocenters. The van der Waals surface area contributed by atoms with Crippen molar-refractivity contribution in [2.24, 2.45) is 0 Å². The molecule has 2 heterocycles. The van der Waals surface area contributed by atoms with E-state index < -0.39 is 30.8 Å². The van der Waals surface area contributed by atoms with Gasteiger partial charge in [-0.25, -0.2) is 15.0 Å². The van der Waals surface area contributed by atoms with Crippen molar-refractivity contribution in [1.29, 1.82) is 0 Å². The number of fused-ring (bicyclic) bond motifs is 1. The van der Waals surface area contributed by atoms with E-state index in [2.05, 4.69) is 25.0 Å². The van der Waals surface area contributed by atoms with E-state index in [9.17, 15) is 26.3 Å². The number of hydrogen-bond acceptors (Lipinski definition) is 8. The minimum Gasteiger partial charge on any atom is -0.493 e. The first kappa shape index (κ1) is 26.1. The van der Waals surface area contributed by atoms with Gasteiger partial charge in [-0.3, -0.25) is 0 Å². The predicted molar refractivity (Wildman–Crippen MR) is 114 cm³/mol. The molecule has 3 N–H and O–H groups in total. The first-order valence-electron chi connectivity index (χ1n) is 9.98. The lowest BCUT2D eigenvalue weighted by Crippen LogP contribution is -2.36. The Balaban J connectivity index is 1.94. The molecule has 35 heavy (non-hydrogen) atoms. The molecule has 2 aromatic heterocycles. The van der Waals surface area contributed by atoms with E-state index in [1.807, 2.05) is 0 Å². The van der Waals surface area contributed by atoms with Gasteiger partial charge in [-0.2, -0.15) is 26.3 Å². The quantitative estimate of drug-likeness (QED) is 0.431. The SMILES string of the molecule is COc1cc2nc(C)nc(NCc3cc(N)nc(C(F)(F)F)c3)c2cc1OCC(OC)C(F)(F)F. The molecular formula is C21H21F6N5O3. The Morgan fingerprint density at radius 3 is 2.29 bits per heavy atom. The molecule has 8 nitrogen and oxygen atoms in total. The highest BCUT2D eigenvalue weighted by Crippen LogP contribution is 2.36. The first-order valence-corrected chi connectivity index (χ1v) is 9.98. The number of rotatable bonds is 8. The molecule has 0 saturated heterocycles. The number of benzene rings is 1. The van der Waals surface area contributed by atoms with E-state index >= 15 is 0 Å². The van der Waals surface area contributed by atoms with Crippen LogP contribution in [0.15, 0.2) is 24.3 Å². The molecule has 0 aliphatic rings. The summed E-state index contributed by atoms with van der Waals surface area (Å²) in [5.41, 5.74) is 4.92. The van der Waals surface area contributed by atoms with Gasteiger partial charge in [0.25, 0.3) is 0 Å². The van der Waals surface area contributed by atoms with Crippen LogP contribution < -0.4 is 20.5 Å². The summed E-state index contributed by atoms with van der Waals surface area (Å²) in [5, 5.41) is 3.25. The number of aryl methyl sites for hydroxylation is 1. The van der Waals surface area contributed by atoms with Crippen LogP contribution in [0.25, 0.3) is 10.9 Å². The summed E-state index contributed by atoms with van der Waals surface area (Å²) in [6.45, 7) is 0.650. The van der Waals surface area contributed by atoms with Crippen molar-refractivity contribution >= 4 is 22.5 Å². The number of alkyl halides is 6. The summed E-state index contributed by atoms with van der Waals surface area (Å²) < 4.78 is 93.2. The van der Waals surface area contributed by atoms with Crippen LogP contribution in [0.3, 0.4) is 0 Å². The second-order valence-electron chi connectivity index (χ2n) is 7.35. The smallest absolute Gasteiger partial charge is 0.433 e. The third-order valence-electron chi connectivity index (χ3n) is 4.79. The van der Waals surface area contributed by atoms with Crippen LogP contribution in [-0.4, -0.2) is 48.1 Å². The van der Waals surface area contributed by atoms with Crippen molar-refractivity contribution < 1.29 is 40.6 Å². The molecule has 0 aliphatic heterocycles. The molecule has 0 saturated carbocycles. The maximum atomic E-state index is 13.1. The number of ether oxygens (including phenoxy) is 3. The molecule has 3 aromatic rings. The molecule has 0 spiro atoms. The zero-order chi connectivity index (χ0) is 26.0. The Hall–Kier alpha value is -3.55. The molecule has 0 bridgehead atoms. The number of hydrogen-bond donors (Lipinski definition) is 2. The van der Waals surface area contributed by atoms with Crippen molar-refractivity contribution in [2.45, 2.75) is 31.9 Å². The average molecular weight is 505 g/mol. The number of nitrogens with two attached hydrogens (primary N) is 1. The Bertz CT molecular complexity index is 1200. The van der Waals surface area contributed by atoms with Crippen LogP contribution in [0.2, 0.25) is 0 Å². The van der Waals surface area contributed by atoms with Crippen molar-refractivity contribution in [3.05, 3.63) is 41.3 Å². The number of aromatic nitrogens is 3. The van der Waals surface area contributed by atoms with E-state index in [0.717, 1.165) is 13.2 Å². The Morgan fingerprint density at radius 2 is 1.69 bits per heavy atom. The largest absolute Gasteiger partial charge is 0.493 e. The number of anilines is 2. The summed E-state index contributed by atoms with van der Waals surface area (Å²) in [5.74, 6) is 0.322. The predicted octanol–water partition coefficient (Wildman–Crippen LogP) is 4.51. The second kappa shape index (κ2) is 9.98. The van der Waals surface area contributed by atoms with Crippen LogP contribution in [0.4, 0.5) is 38.0 Å². The molecular weight excluding hydrogens is 484 g/mol. The van der Waals surface area contributed by atoms with Crippen LogP contribution in [0.1, 0.15) is 17.1 Å². The maximum absolute atomic E-state index is 13.1. The second-order valence-corrected chi connectivity index (χ2v) is 7.35. The Kier molecular flexibility index (Phi) is 7.43. The minimum atomic E-state index is -4.68.